The highest BCUT2D eigenvalue weighted by Crippen LogP contribution is 2.32. The van der Waals surface area contributed by atoms with Gasteiger partial charge in [-0.15, -0.1) is 0 Å². The predicted octanol–water partition coefficient (Wildman–Crippen LogP) is 5.23. The number of hydrogen-bond donors (Lipinski definition) is 8. The Kier molecular flexibility index (Phi) is 25.6. The summed E-state index contributed by atoms with van der Waals surface area (Å²) in [5, 5.41) is 16.6. The summed E-state index contributed by atoms with van der Waals surface area (Å²) >= 11 is 0. The third-order valence-electron chi connectivity index (χ3n) is 13.3. The molecule has 2 unspecified atom stereocenters. The number of nitrogens with zero attached hydrogens (tertiary/aromatic N) is 5. The van der Waals surface area contributed by atoms with Crippen molar-refractivity contribution < 1.29 is 66.4 Å². The van der Waals surface area contributed by atoms with E-state index in [9.17, 15) is 38.0 Å². The number of nitrogens with one attached hydrogen (secondary N) is 7. The molecule has 0 radical (unpaired) electrons. The number of amides is 8. The number of carbonyl (C=O) groups is 7. The molecule has 0 saturated heterocycles. The quantitative estimate of drug-likeness (QED) is 0.0184. The van der Waals surface area contributed by atoms with Gasteiger partial charge in [-0.25, -0.2) is 28.9 Å². The van der Waals surface area contributed by atoms with E-state index in [0.29, 0.717) is 70.7 Å². The summed E-state index contributed by atoms with van der Waals surface area (Å²) in [5.74, 6) is -2.26. The van der Waals surface area contributed by atoms with Gasteiger partial charge in [0.25, 0.3) is 11.8 Å². The van der Waals surface area contributed by atoms with Gasteiger partial charge in [0.2, 0.25) is 23.6 Å². The van der Waals surface area contributed by atoms with Crippen LogP contribution in [0.3, 0.4) is 0 Å². The summed E-state index contributed by atoms with van der Waals surface area (Å²) in [6, 6.07) is 21.4. The number of urea groups is 1. The van der Waals surface area contributed by atoms with Gasteiger partial charge in [-0.3, -0.25) is 33.9 Å². The molecule has 468 valence electrons. The van der Waals surface area contributed by atoms with E-state index < -0.39 is 48.0 Å². The molecule has 0 bridgehead atoms. The third-order valence-corrected chi connectivity index (χ3v) is 13.3. The summed E-state index contributed by atoms with van der Waals surface area (Å²) < 4.78 is 47.8. The SMILES string of the molecule is Cc1cccc(-c2nc(CNc3ccccc3F)[nH]c2-c2ccc3ncc(O[C@@H](C)CNC(=O)OCc4ccc(NC(=O)C(CCCNC(N)=O)NC(=O)C(NC(=O)CCOCCOCCOCCOCCN5C(=O)C=CC5=O)C(C)C)cc4)nc3c2)n1. The Labute approximate surface area is 507 Å². The molecule has 7 rings (SSSR count). The Morgan fingerprint density at radius 3 is 2.15 bits per heavy atom. The average molecular weight is 1220 g/mol. The van der Waals surface area contributed by atoms with Crippen molar-refractivity contribution >= 4 is 64.1 Å². The Balaban J connectivity index is 0.816. The second-order valence-electron chi connectivity index (χ2n) is 20.5. The number of para-hydroxylation sites is 1. The number of aryl methyl sites for hydroxylation is 1. The maximum absolute atomic E-state index is 14.4. The Morgan fingerprint density at radius 1 is 0.750 bits per heavy atom. The zero-order chi connectivity index (χ0) is 62.8. The van der Waals surface area contributed by atoms with E-state index in [1.807, 2.05) is 43.3 Å². The number of carbonyl (C=O) groups excluding carboxylic acids is 7. The van der Waals surface area contributed by atoms with Crippen LogP contribution in [0.1, 0.15) is 57.1 Å². The number of rotatable bonds is 36. The van der Waals surface area contributed by atoms with E-state index in [1.165, 1.54) is 24.4 Å². The van der Waals surface area contributed by atoms with Crippen LogP contribution in [0.5, 0.6) is 5.88 Å². The van der Waals surface area contributed by atoms with Crippen molar-refractivity contribution in [3.8, 4) is 28.5 Å². The van der Waals surface area contributed by atoms with Gasteiger partial charge in [-0.2, -0.15) is 0 Å². The van der Waals surface area contributed by atoms with Gasteiger partial charge in [-0.1, -0.05) is 50.2 Å². The maximum Gasteiger partial charge on any atom is 0.407 e. The first-order valence-corrected chi connectivity index (χ1v) is 28.7. The standard InChI is InChI=1S/C61H74FN13O13/c1-38(2)55(74-51(76)22-25-83-27-29-85-31-32-86-30-28-84-26-24-75-53(77)20-21-54(75)78)59(80)71-48(13-8-23-64-60(63)81)58(79)69-43-17-14-41(15-18-43)37-87-61(82)67-34-40(4)88-52-36-66-46-19-16-42(33-49(46)70-52)56-57(47-12-7-9-39(3)68-47)73-50(72-56)35-65-45-11-6-5-10-44(45)62/h5-7,9-12,14-21,33,36,38,40,48,55,65H,8,13,22-32,34-35,37H2,1-4H3,(H,67,82)(H,69,79)(H,71,80)(H,72,73)(H,74,76)(H3,63,64,81)/t40-,48?,55?/m0/s1. The summed E-state index contributed by atoms with van der Waals surface area (Å²) in [5.41, 5.74) is 11.2. The van der Waals surface area contributed by atoms with Crippen LogP contribution in [-0.2, 0) is 60.8 Å². The van der Waals surface area contributed by atoms with Crippen LogP contribution >= 0.6 is 0 Å². The molecule has 88 heavy (non-hydrogen) atoms. The summed E-state index contributed by atoms with van der Waals surface area (Å²) in [7, 11) is 0. The molecule has 4 heterocycles. The number of anilines is 2. The molecule has 1 aliphatic heterocycles. The van der Waals surface area contributed by atoms with Crippen molar-refractivity contribution in [1.82, 2.24) is 51.1 Å². The fourth-order valence-corrected chi connectivity index (χ4v) is 8.72. The minimum absolute atomic E-state index is 0.0433. The topological polar surface area (TPSA) is 344 Å². The van der Waals surface area contributed by atoms with Crippen LogP contribution in [0, 0.1) is 18.7 Å². The maximum atomic E-state index is 14.4. The monoisotopic (exact) mass is 1220 g/mol. The molecule has 3 atom stereocenters. The van der Waals surface area contributed by atoms with Crippen molar-refractivity contribution in [2.24, 2.45) is 11.7 Å². The Bertz CT molecular complexity index is 3350. The molecule has 3 aromatic heterocycles. The van der Waals surface area contributed by atoms with E-state index in [0.717, 1.165) is 16.2 Å². The first-order valence-electron chi connectivity index (χ1n) is 28.7. The predicted molar refractivity (Wildman–Crippen MR) is 321 cm³/mol. The molecule has 1 aliphatic rings. The normalized spacial score (nSPS) is 13.0. The van der Waals surface area contributed by atoms with Gasteiger partial charge in [-0.05, 0) is 86.7 Å². The summed E-state index contributed by atoms with van der Waals surface area (Å²) in [6.07, 6.45) is 3.03. The van der Waals surface area contributed by atoms with Crippen molar-refractivity contribution in [3.05, 3.63) is 126 Å². The van der Waals surface area contributed by atoms with E-state index in [-0.39, 0.29) is 115 Å². The van der Waals surface area contributed by atoms with Crippen LogP contribution in [0.15, 0.2) is 103 Å². The highest BCUT2D eigenvalue weighted by molar-refractivity contribution is 6.12. The number of ether oxygens (including phenoxy) is 6. The number of primary amides is 1. The third kappa shape index (κ3) is 21.2. The number of benzene rings is 3. The smallest absolute Gasteiger partial charge is 0.407 e. The number of imidazole rings is 1. The van der Waals surface area contributed by atoms with Crippen molar-refractivity contribution in [2.45, 2.75) is 78.3 Å². The molecule has 0 spiro atoms. The number of pyridine rings is 1. The average Bonchev–Trinajstić information content (AvgIpc) is 1.98. The van der Waals surface area contributed by atoms with Gasteiger partial charge in [0.1, 0.15) is 42.1 Å². The van der Waals surface area contributed by atoms with E-state index >= 15 is 0 Å². The lowest BCUT2D eigenvalue weighted by atomic mass is 10.0. The molecule has 0 aliphatic carbocycles. The first kappa shape index (κ1) is 66.1. The number of imide groups is 1. The lowest BCUT2D eigenvalue weighted by Crippen LogP contribution is -2.54. The largest absolute Gasteiger partial charge is 0.472 e. The van der Waals surface area contributed by atoms with Crippen LogP contribution in [0.25, 0.3) is 33.7 Å². The van der Waals surface area contributed by atoms with Gasteiger partial charge in [0.15, 0.2) is 0 Å². The fraction of sp³-hybridized carbons (Fsp3) is 0.393. The van der Waals surface area contributed by atoms with E-state index in [2.05, 4.69) is 41.9 Å². The fourth-order valence-electron chi connectivity index (χ4n) is 8.72. The van der Waals surface area contributed by atoms with Crippen molar-refractivity contribution in [2.75, 3.05) is 83.1 Å². The highest BCUT2D eigenvalue weighted by Gasteiger charge is 2.29. The van der Waals surface area contributed by atoms with Crippen LogP contribution in [0.4, 0.5) is 25.4 Å². The molecular weight excluding hydrogens is 1140 g/mol. The molecule has 8 amide bonds. The van der Waals surface area contributed by atoms with Crippen molar-refractivity contribution in [1.29, 1.82) is 0 Å². The highest BCUT2D eigenvalue weighted by atomic mass is 19.1. The molecule has 6 aromatic rings. The van der Waals surface area contributed by atoms with Crippen LogP contribution in [-0.4, -0.2) is 162 Å². The number of aromatic amines is 1. The second kappa shape index (κ2) is 34.0. The van der Waals surface area contributed by atoms with Gasteiger partial charge in [0, 0.05) is 42.1 Å². The molecule has 26 nitrogen and oxygen atoms in total. The lowest BCUT2D eigenvalue weighted by molar-refractivity contribution is -0.137. The molecule has 0 fully saturated rings. The van der Waals surface area contributed by atoms with E-state index in [4.69, 9.17) is 49.1 Å². The minimum atomic E-state index is -1.08. The molecular formula is C61H74FN13O13. The van der Waals surface area contributed by atoms with E-state index in [1.54, 1.807) is 63.2 Å². The van der Waals surface area contributed by atoms with Crippen molar-refractivity contribution in [3.63, 3.8) is 0 Å². The van der Waals surface area contributed by atoms with Gasteiger partial charge in [0.05, 0.1) is 107 Å². The first-order chi connectivity index (χ1) is 42.5. The molecule has 27 heteroatoms. The molecule has 9 N–H and O–H groups in total. The Hall–Kier alpha value is -9.44. The number of alkyl carbamates (subject to hydrolysis) is 1. The van der Waals surface area contributed by atoms with Gasteiger partial charge < -0.3 is 71.0 Å². The number of aromatic nitrogens is 5. The number of nitrogens with two attached hydrogens (primary N) is 1. The number of hydrogen-bond acceptors (Lipinski definition) is 18. The lowest BCUT2D eigenvalue weighted by Gasteiger charge is -2.25. The summed E-state index contributed by atoms with van der Waals surface area (Å²) in [4.78, 5) is 111. The second-order valence-corrected chi connectivity index (χ2v) is 20.5. The summed E-state index contributed by atoms with van der Waals surface area (Å²) in [6.45, 7) is 9.57. The minimum Gasteiger partial charge on any atom is -0.472 e. The van der Waals surface area contributed by atoms with Crippen LogP contribution in [0.2, 0.25) is 0 Å². The Morgan fingerprint density at radius 2 is 1.45 bits per heavy atom. The number of halogens is 1. The molecule has 0 saturated carbocycles. The number of H-pyrrole nitrogens is 1. The van der Waals surface area contributed by atoms with Gasteiger partial charge >= 0.3 is 12.1 Å². The number of fused-ring (bicyclic) bond motifs is 1. The zero-order valence-corrected chi connectivity index (χ0v) is 49.4. The zero-order valence-electron chi connectivity index (χ0n) is 49.4. The molecule has 3 aromatic carbocycles. The van der Waals surface area contributed by atoms with Crippen LogP contribution < -0.4 is 42.4 Å².